The van der Waals surface area contributed by atoms with Gasteiger partial charge in [-0.15, -0.1) is 0 Å². The summed E-state index contributed by atoms with van der Waals surface area (Å²) in [7, 11) is 0. The summed E-state index contributed by atoms with van der Waals surface area (Å²) in [6.45, 7) is 12.1. The van der Waals surface area contributed by atoms with Gasteiger partial charge in [-0.3, -0.25) is 4.90 Å². The summed E-state index contributed by atoms with van der Waals surface area (Å²) in [6, 6.07) is 7.77. The van der Waals surface area contributed by atoms with E-state index < -0.39 is 0 Å². The molecule has 4 heteroatoms. The van der Waals surface area contributed by atoms with Gasteiger partial charge < -0.3 is 14.2 Å². The van der Waals surface area contributed by atoms with Crippen molar-refractivity contribution in [3.05, 3.63) is 36.9 Å². The van der Waals surface area contributed by atoms with Crippen LogP contribution in [0, 0.1) is 0 Å². The molecule has 0 bridgehead atoms. The van der Waals surface area contributed by atoms with Crippen molar-refractivity contribution in [1.82, 2.24) is 4.90 Å². The van der Waals surface area contributed by atoms with Crippen LogP contribution in [-0.4, -0.2) is 50.0 Å². The van der Waals surface area contributed by atoms with Crippen molar-refractivity contribution in [2.24, 2.45) is 0 Å². The van der Waals surface area contributed by atoms with E-state index in [0.717, 1.165) is 37.6 Å². The molecule has 0 spiro atoms. The van der Waals surface area contributed by atoms with Crippen LogP contribution in [0.25, 0.3) is 0 Å². The molecule has 0 radical (unpaired) electrons. The Morgan fingerprint density at radius 2 is 1.82 bits per heavy atom. The average molecular weight is 305 g/mol. The van der Waals surface area contributed by atoms with E-state index in [4.69, 9.17) is 14.2 Å². The molecule has 0 amide bonds. The van der Waals surface area contributed by atoms with Gasteiger partial charge in [-0.2, -0.15) is 0 Å². The van der Waals surface area contributed by atoms with Crippen molar-refractivity contribution < 1.29 is 14.2 Å². The zero-order valence-electron chi connectivity index (χ0n) is 13.7. The number of hydrogen-bond acceptors (Lipinski definition) is 4. The second kappa shape index (κ2) is 8.81. The predicted octanol–water partition coefficient (Wildman–Crippen LogP) is 3.13. The summed E-state index contributed by atoms with van der Waals surface area (Å²) in [5.41, 5.74) is 0. The molecule has 0 aliphatic carbocycles. The van der Waals surface area contributed by atoms with Crippen molar-refractivity contribution in [2.45, 2.75) is 32.5 Å². The van der Waals surface area contributed by atoms with Crippen LogP contribution in [0.15, 0.2) is 36.9 Å². The predicted molar refractivity (Wildman–Crippen MR) is 88.7 cm³/mol. The molecule has 0 saturated carbocycles. The third-order valence-corrected chi connectivity index (χ3v) is 3.58. The van der Waals surface area contributed by atoms with Crippen molar-refractivity contribution in [2.75, 3.05) is 32.8 Å². The summed E-state index contributed by atoms with van der Waals surface area (Å²) >= 11 is 0. The molecule has 0 aromatic heterocycles. The van der Waals surface area contributed by atoms with E-state index in [2.05, 4.69) is 25.3 Å². The first kappa shape index (κ1) is 16.8. The zero-order valence-corrected chi connectivity index (χ0v) is 13.7. The van der Waals surface area contributed by atoms with Gasteiger partial charge in [0.1, 0.15) is 6.61 Å². The first-order chi connectivity index (χ1) is 10.7. The van der Waals surface area contributed by atoms with Gasteiger partial charge in [0.25, 0.3) is 0 Å². The lowest BCUT2D eigenvalue weighted by atomic mass is 10.2. The van der Waals surface area contributed by atoms with Crippen molar-refractivity contribution >= 4 is 0 Å². The van der Waals surface area contributed by atoms with E-state index >= 15 is 0 Å². The Balaban J connectivity index is 1.73. The van der Waals surface area contributed by atoms with Crippen LogP contribution >= 0.6 is 0 Å². The SMILES string of the molecule is C=CCOc1ccccc1OCCCN1C[C@@H](C)O[C@H](C)C1. The number of morpholine rings is 1. The maximum Gasteiger partial charge on any atom is 0.161 e. The molecule has 1 aliphatic rings. The highest BCUT2D eigenvalue weighted by atomic mass is 16.5. The highest BCUT2D eigenvalue weighted by molar-refractivity contribution is 5.39. The molecule has 1 aromatic rings. The largest absolute Gasteiger partial charge is 0.490 e. The normalized spacial score (nSPS) is 22.3. The minimum Gasteiger partial charge on any atom is -0.490 e. The maximum absolute atomic E-state index is 5.86. The molecule has 1 fully saturated rings. The number of nitrogens with zero attached hydrogens (tertiary/aromatic N) is 1. The van der Waals surface area contributed by atoms with Crippen LogP contribution in [-0.2, 0) is 4.74 Å². The maximum atomic E-state index is 5.86. The lowest BCUT2D eigenvalue weighted by molar-refractivity contribution is -0.0686. The molecular weight excluding hydrogens is 278 g/mol. The number of ether oxygens (including phenoxy) is 3. The monoisotopic (exact) mass is 305 g/mol. The Bertz CT molecular complexity index is 453. The first-order valence-corrected chi connectivity index (χ1v) is 8.02. The highest BCUT2D eigenvalue weighted by Crippen LogP contribution is 2.26. The van der Waals surface area contributed by atoms with Gasteiger partial charge in [-0.05, 0) is 32.4 Å². The smallest absolute Gasteiger partial charge is 0.161 e. The Labute approximate surface area is 133 Å². The van der Waals surface area contributed by atoms with E-state index in [1.165, 1.54) is 0 Å². The quantitative estimate of drug-likeness (QED) is 0.545. The van der Waals surface area contributed by atoms with Crippen LogP contribution in [0.2, 0.25) is 0 Å². The lowest BCUT2D eigenvalue weighted by Crippen LogP contribution is -2.45. The fraction of sp³-hybridized carbons (Fsp3) is 0.556. The van der Waals surface area contributed by atoms with Gasteiger partial charge in [0.15, 0.2) is 11.5 Å². The fourth-order valence-electron chi connectivity index (χ4n) is 2.77. The van der Waals surface area contributed by atoms with Gasteiger partial charge >= 0.3 is 0 Å². The summed E-state index contributed by atoms with van der Waals surface area (Å²) in [5.74, 6) is 1.57. The molecule has 0 unspecified atom stereocenters. The van der Waals surface area contributed by atoms with Crippen molar-refractivity contribution in [3.63, 3.8) is 0 Å². The number of hydrogen-bond donors (Lipinski definition) is 0. The molecule has 4 nitrogen and oxygen atoms in total. The van der Waals surface area contributed by atoms with Gasteiger partial charge in [-0.25, -0.2) is 0 Å². The second-order valence-corrected chi connectivity index (χ2v) is 5.77. The molecule has 1 saturated heterocycles. The topological polar surface area (TPSA) is 30.9 Å². The van der Waals surface area contributed by atoms with Crippen LogP contribution < -0.4 is 9.47 Å². The first-order valence-electron chi connectivity index (χ1n) is 8.02. The number of para-hydroxylation sites is 2. The Hall–Kier alpha value is -1.52. The zero-order chi connectivity index (χ0) is 15.8. The fourth-order valence-corrected chi connectivity index (χ4v) is 2.77. The van der Waals surface area contributed by atoms with Gasteiger partial charge in [-0.1, -0.05) is 24.8 Å². The lowest BCUT2D eigenvalue weighted by Gasteiger charge is -2.35. The third-order valence-electron chi connectivity index (χ3n) is 3.58. The molecule has 1 aliphatic heterocycles. The molecular formula is C18H27NO3. The van der Waals surface area contributed by atoms with Crippen LogP contribution in [0.5, 0.6) is 11.5 Å². The second-order valence-electron chi connectivity index (χ2n) is 5.77. The summed E-state index contributed by atoms with van der Waals surface area (Å²) < 4.78 is 17.2. The van der Waals surface area contributed by atoms with Gasteiger partial charge in [0, 0.05) is 19.6 Å². The molecule has 22 heavy (non-hydrogen) atoms. The molecule has 1 heterocycles. The van der Waals surface area contributed by atoms with Crippen molar-refractivity contribution in [1.29, 1.82) is 0 Å². The van der Waals surface area contributed by atoms with Gasteiger partial charge in [0.2, 0.25) is 0 Å². The van der Waals surface area contributed by atoms with Crippen molar-refractivity contribution in [3.8, 4) is 11.5 Å². The standard InChI is InChI=1S/C18H27NO3/c1-4-11-20-17-8-5-6-9-18(17)21-12-7-10-19-13-15(2)22-16(3)14-19/h4-6,8-9,15-16H,1,7,10-14H2,2-3H3/t15-,16-/m1/s1. The van der Waals surface area contributed by atoms with E-state index in [-0.39, 0.29) is 0 Å². The van der Waals surface area contributed by atoms with Crippen LogP contribution in [0.3, 0.4) is 0 Å². The summed E-state index contributed by atoms with van der Waals surface area (Å²) in [6.07, 6.45) is 3.36. The van der Waals surface area contributed by atoms with E-state index in [0.29, 0.717) is 25.4 Å². The molecule has 0 N–H and O–H groups in total. The van der Waals surface area contributed by atoms with E-state index in [1.54, 1.807) is 6.08 Å². The van der Waals surface area contributed by atoms with E-state index in [9.17, 15) is 0 Å². The Morgan fingerprint density at radius 1 is 1.18 bits per heavy atom. The summed E-state index contributed by atoms with van der Waals surface area (Å²) in [4.78, 5) is 2.45. The van der Waals surface area contributed by atoms with E-state index in [1.807, 2.05) is 24.3 Å². The summed E-state index contributed by atoms with van der Waals surface area (Å²) in [5, 5.41) is 0. The third kappa shape index (κ3) is 5.35. The Kier molecular flexibility index (Phi) is 6.74. The molecule has 122 valence electrons. The molecule has 2 rings (SSSR count). The molecule has 2 atom stereocenters. The number of rotatable bonds is 8. The minimum absolute atomic E-state index is 0.317. The van der Waals surface area contributed by atoms with Crippen LogP contribution in [0.1, 0.15) is 20.3 Å². The number of benzene rings is 1. The van der Waals surface area contributed by atoms with Gasteiger partial charge in [0.05, 0.1) is 18.8 Å². The Morgan fingerprint density at radius 3 is 2.45 bits per heavy atom. The average Bonchev–Trinajstić information content (AvgIpc) is 2.49. The van der Waals surface area contributed by atoms with Crippen LogP contribution in [0.4, 0.5) is 0 Å². The molecule has 1 aromatic carbocycles. The highest BCUT2D eigenvalue weighted by Gasteiger charge is 2.21. The minimum atomic E-state index is 0.317.